The molecular weight excluding hydrogens is 326 g/mol. The van der Waals surface area contributed by atoms with Crippen molar-refractivity contribution in [1.29, 1.82) is 0 Å². The van der Waals surface area contributed by atoms with Crippen LogP contribution in [0, 0.1) is 25.2 Å². The first-order valence-corrected chi connectivity index (χ1v) is 10.0. The van der Waals surface area contributed by atoms with Crippen molar-refractivity contribution in [3.8, 4) is 5.75 Å². The molecule has 1 spiro atoms. The third-order valence-corrected chi connectivity index (χ3v) is 6.86. The molecule has 4 rings (SSSR count). The van der Waals surface area contributed by atoms with Gasteiger partial charge in [0.1, 0.15) is 5.75 Å². The van der Waals surface area contributed by atoms with E-state index in [0.717, 1.165) is 44.5 Å². The van der Waals surface area contributed by atoms with Crippen LogP contribution in [0.3, 0.4) is 0 Å². The van der Waals surface area contributed by atoms with Gasteiger partial charge < -0.3 is 14.7 Å². The minimum absolute atomic E-state index is 0.0480. The topological polar surface area (TPSA) is 49.8 Å². The Kier molecular flexibility index (Phi) is 4.30. The van der Waals surface area contributed by atoms with E-state index in [1.807, 2.05) is 11.8 Å². The van der Waals surface area contributed by atoms with Crippen LogP contribution in [0.4, 0.5) is 0 Å². The SMILES string of the molecule is Cc1ccc(OC2CCC3(CC2)CN(C(=O)[C@H]2C[C@@](C)(O)C2)C3)cc1C. The smallest absolute Gasteiger partial charge is 0.225 e. The molecule has 2 aliphatic carbocycles. The highest BCUT2D eigenvalue weighted by molar-refractivity contribution is 5.81. The Balaban J connectivity index is 1.24. The largest absolute Gasteiger partial charge is 0.490 e. The summed E-state index contributed by atoms with van der Waals surface area (Å²) in [6.45, 7) is 7.88. The van der Waals surface area contributed by atoms with Crippen molar-refractivity contribution >= 4 is 5.91 Å². The average Bonchev–Trinajstić information content (AvgIpc) is 2.54. The van der Waals surface area contributed by atoms with Gasteiger partial charge in [-0.05, 0) is 82.6 Å². The standard InChI is InChI=1S/C22H31NO3/c1-15-4-5-19(10-16(15)2)26-18-6-8-22(9-7-18)13-23(14-22)20(24)17-11-21(3,25)12-17/h4-5,10,17-18,25H,6-9,11-14H2,1-3H3/t17-,21+. The summed E-state index contributed by atoms with van der Waals surface area (Å²) in [6.07, 6.45) is 6.00. The Morgan fingerprint density at radius 3 is 2.38 bits per heavy atom. The molecule has 0 bridgehead atoms. The average molecular weight is 357 g/mol. The number of amides is 1. The lowest BCUT2D eigenvalue weighted by molar-refractivity contribution is -0.164. The fourth-order valence-electron chi connectivity index (χ4n) is 4.97. The van der Waals surface area contributed by atoms with Crippen molar-refractivity contribution in [3.63, 3.8) is 0 Å². The van der Waals surface area contributed by atoms with Gasteiger partial charge in [-0.1, -0.05) is 6.07 Å². The molecule has 0 radical (unpaired) electrons. The van der Waals surface area contributed by atoms with E-state index in [4.69, 9.17) is 4.74 Å². The third kappa shape index (κ3) is 3.36. The molecule has 4 nitrogen and oxygen atoms in total. The Morgan fingerprint density at radius 1 is 1.15 bits per heavy atom. The van der Waals surface area contributed by atoms with Gasteiger partial charge in [0.15, 0.2) is 0 Å². The van der Waals surface area contributed by atoms with Crippen molar-refractivity contribution in [2.45, 2.75) is 71.0 Å². The van der Waals surface area contributed by atoms with Gasteiger partial charge >= 0.3 is 0 Å². The number of ether oxygens (including phenoxy) is 1. The normalized spacial score (nSPS) is 30.6. The van der Waals surface area contributed by atoms with E-state index in [2.05, 4.69) is 32.0 Å². The third-order valence-electron chi connectivity index (χ3n) is 6.86. The van der Waals surface area contributed by atoms with E-state index in [1.54, 1.807) is 0 Å². The van der Waals surface area contributed by atoms with Crippen LogP contribution in [0.2, 0.25) is 0 Å². The molecule has 2 saturated carbocycles. The molecule has 142 valence electrons. The first kappa shape index (κ1) is 17.8. The summed E-state index contributed by atoms with van der Waals surface area (Å²) in [4.78, 5) is 14.5. The predicted molar refractivity (Wildman–Crippen MR) is 101 cm³/mol. The Labute approximate surface area is 156 Å². The second-order valence-corrected chi connectivity index (χ2v) is 9.36. The zero-order chi connectivity index (χ0) is 18.5. The van der Waals surface area contributed by atoms with Crippen LogP contribution < -0.4 is 4.74 Å². The maximum atomic E-state index is 12.5. The zero-order valence-corrected chi connectivity index (χ0v) is 16.3. The summed E-state index contributed by atoms with van der Waals surface area (Å²) >= 11 is 0. The van der Waals surface area contributed by atoms with Gasteiger partial charge in [-0.3, -0.25) is 4.79 Å². The maximum Gasteiger partial charge on any atom is 0.225 e. The second kappa shape index (κ2) is 6.26. The number of aryl methyl sites for hydroxylation is 2. The van der Waals surface area contributed by atoms with Gasteiger partial charge in [-0.2, -0.15) is 0 Å². The highest BCUT2D eigenvalue weighted by Crippen LogP contribution is 2.47. The number of aliphatic hydroxyl groups is 1. The minimum Gasteiger partial charge on any atom is -0.490 e. The van der Waals surface area contributed by atoms with Crippen molar-refractivity contribution in [2.24, 2.45) is 11.3 Å². The summed E-state index contributed by atoms with van der Waals surface area (Å²) < 4.78 is 6.21. The van der Waals surface area contributed by atoms with Crippen LogP contribution in [0.25, 0.3) is 0 Å². The van der Waals surface area contributed by atoms with Crippen LogP contribution in [-0.4, -0.2) is 40.7 Å². The molecular formula is C22H31NO3. The number of nitrogens with zero attached hydrogens (tertiary/aromatic N) is 1. The van der Waals surface area contributed by atoms with Gasteiger partial charge in [-0.25, -0.2) is 0 Å². The van der Waals surface area contributed by atoms with E-state index in [9.17, 15) is 9.90 Å². The van der Waals surface area contributed by atoms with Crippen LogP contribution in [0.1, 0.15) is 56.6 Å². The van der Waals surface area contributed by atoms with Crippen LogP contribution in [0.5, 0.6) is 5.75 Å². The van der Waals surface area contributed by atoms with Gasteiger partial charge in [0, 0.05) is 24.4 Å². The molecule has 0 aromatic heterocycles. The monoisotopic (exact) mass is 357 g/mol. The molecule has 3 aliphatic rings. The number of likely N-dealkylation sites (tertiary alicyclic amines) is 1. The molecule has 1 aliphatic heterocycles. The Hall–Kier alpha value is -1.55. The van der Waals surface area contributed by atoms with E-state index in [0.29, 0.717) is 24.4 Å². The Bertz CT molecular complexity index is 687. The van der Waals surface area contributed by atoms with Crippen LogP contribution in [0.15, 0.2) is 18.2 Å². The zero-order valence-electron chi connectivity index (χ0n) is 16.3. The molecule has 4 heteroatoms. The van der Waals surface area contributed by atoms with Gasteiger partial charge in [0.05, 0.1) is 11.7 Å². The van der Waals surface area contributed by atoms with E-state index < -0.39 is 5.60 Å². The van der Waals surface area contributed by atoms with Gasteiger partial charge in [0.25, 0.3) is 0 Å². The van der Waals surface area contributed by atoms with E-state index in [1.165, 1.54) is 11.1 Å². The summed E-state index contributed by atoms with van der Waals surface area (Å²) in [5.74, 6) is 1.29. The highest BCUT2D eigenvalue weighted by Gasteiger charge is 2.51. The first-order valence-electron chi connectivity index (χ1n) is 10.0. The fraction of sp³-hybridized carbons (Fsp3) is 0.682. The highest BCUT2D eigenvalue weighted by atomic mass is 16.5. The molecule has 1 N–H and O–H groups in total. The second-order valence-electron chi connectivity index (χ2n) is 9.36. The van der Waals surface area contributed by atoms with E-state index in [-0.39, 0.29) is 11.8 Å². The molecule has 1 amide bonds. The van der Waals surface area contributed by atoms with Crippen molar-refractivity contribution in [3.05, 3.63) is 29.3 Å². The summed E-state index contributed by atoms with van der Waals surface area (Å²) in [5.41, 5.74) is 2.28. The molecule has 26 heavy (non-hydrogen) atoms. The van der Waals surface area contributed by atoms with Crippen LogP contribution in [-0.2, 0) is 4.79 Å². The predicted octanol–water partition coefficient (Wildman–Crippen LogP) is 3.61. The molecule has 0 unspecified atom stereocenters. The van der Waals surface area contributed by atoms with Gasteiger partial charge in [0.2, 0.25) is 5.91 Å². The van der Waals surface area contributed by atoms with Crippen molar-refractivity contribution in [1.82, 2.24) is 4.90 Å². The van der Waals surface area contributed by atoms with Crippen molar-refractivity contribution in [2.75, 3.05) is 13.1 Å². The number of benzene rings is 1. The van der Waals surface area contributed by atoms with Crippen molar-refractivity contribution < 1.29 is 14.6 Å². The molecule has 3 fully saturated rings. The minimum atomic E-state index is -0.618. The number of carbonyl (C=O) groups excluding carboxylic acids is 1. The van der Waals surface area contributed by atoms with Gasteiger partial charge in [-0.15, -0.1) is 0 Å². The molecule has 1 aromatic rings. The lowest BCUT2D eigenvalue weighted by Gasteiger charge is -2.55. The lowest BCUT2D eigenvalue weighted by atomic mass is 9.66. The number of hydrogen-bond acceptors (Lipinski definition) is 3. The lowest BCUT2D eigenvalue weighted by Crippen LogP contribution is -2.63. The number of hydrogen-bond donors (Lipinski definition) is 1. The van der Waals surface area contributed by atoms with Crippen LogP contribution >= 0.6 is 0 Å². The molecule has 1 aromatic carbocycles. The quantitative estimate of drug-likeness (QED) is 0.899. The molecule has 1 saturated heterocycles. The number of rotatable bonds is 3. The molecule has 1 heterocycles. The first-order chi connectivity index (χ1) is 12.3. The summed E-state index contributed by atoms with van der Waals surface area (Å²) in [7, 11) is 0. The fourth-order valence-corrected chi connectivity index (χ4v) is 4.97. The number of carbonyl (C=O) groups is 1. The summed E-state index contributed by atoms with van der Waals surface area (Å²) in [5, 5.41) is 9.85. The molecule has 0 atom stereocenters. The maximum absolute atomic E-state index is 12.5. The van der Waals surface area contributed by atoms with E-state index >= 15 is 0 Å². The Morgan fingerprint density at radius 2 is 1.81 bits per heavy atom. The summed E-state index contributed by atoms with van der Waals surface area (Å²) in [6, 6.07) is 6.34.